The number of carbonyl (C=O) groups excluding carboxylic acids is 1. The van der Waals surface area contributed by atoms with Crippen LogP contribution in [0.2, 0.25) is 0 Å². The van der Waals surface area contributed by atoms with Crippen molar-refractivity contribution in [2.45, 2.75) is 118 Å². The quantitative estimate of drug-likeness (QED) is 0.333. The third kappa shape index (κ3) is 12.7. The van der Waals surface area contributed by atoms with Gasteiger partial charge < -0.3 is 0 Å². The van der Waals surface area contributed by atoms with E-state index in [0.717, 1.165) is 12.8 Å². The number of rotatable bonds is 15. The third-order valence-corrected chi connectivity index (χ3v) is 4.81. The Morgan fingerprint density at radius 2 is 1.04 bits per heavy atom. The van der Waals surface area contributed by atoms with Crippen molar-refractivity contribution in [2.75, 3.05) is 6.54 Å². The summed E-state index contributed by atoms with van der Waals surface area (Å²) in [5.74, 6) is 0.652. The highest BCUT2D eigenvalue weighted by molar-refractivity contribution is 5.80. The first-order chi connectivity index (χ1) is 10.9. The number of Topliss-reactive ketones (excluding diaryl/α,β-unsaturated/α-hetero) is 1. The van der Waals surface area contributed by atoms with Crippen LogP contribution in [0.15, 0.2) is 0 Å². The molecule has 0 heterocycles. The first kappa shape index (κ1) is 22.6. The maximum atomic E-state index is 11.5. The molecule has 0 aliphatic heterocycles. The molecule has 0 aliphatic rings. The van der Waals surface area contributed by atoms with Crippen LogP contribution in [0.3, 0.4) is 0 Å². The molecular formula is C21H43NO. The zero-order valence-electron chi connectivity index (χ0n) is 16.9. The second-order valence-corrected chi connectivity index (χ2v) is 7.98. The van der Waals surface area contributed by atoms with Crippen LogP contribution in [0.1, 0.15) is 106 Å². The predicted octanol–water partition coefficient (Wildman–Crippen LogP) is 6.23. The highest BCUT2D eigenvalue weighted by atomic mass is 16.1. The van der Waals surface area contributed by atoms with Gasteiger partial charge in [0.2, 0.25) is 0 Å². The van der Waals surface area contributed by atoms with E-state index in [4.69, 9.17) is 0 Å². The summed E-state index contributed by atoms with van der Waals surface area (Å²) in [6.07, 6.45) is 12.6. The molecule has 0 N–H and O–H groups in total. The van der Waals surface area contributed by atoms with E-state index in [9.17, 15) is 4.79 Å². The lowest BCUT2D eigenvalue weighted by atomic mass is 10.0. The highest BCUT2D eigenvalue weighted by Crippen LogP contribution is 2.13. The van der Waals surface area contributed by atoms with Gasteiger partial charge in [0.05, 0.1) is 0 Å². The Kier molecular flexibility index (Phi) is 13.8. The topological polar surface area (TPSA) is 20.3 Å². The average molecular weight is 326 g/mol. The predicted molar refractivity (Wildman–Crippen MR) is 103 cm³/mol. The summed E-state index contributed by atoms with van der Waals surface area (Å²) < 4.78 is 0. The second-order valence-electron chi connectivity index (χ2n) is 7.98. The van der Waals surface area contributed by atoms with Gasteiger partial charge in [0.25, 0.3) is 0 Å². The number of hydrogen-bond acceptors (Lipinski definition) is 2. The maximum absolute atomic E-state index is 11.5. The molecule has 23 heavy (non-hydrogen) atoms. The molecule has 0 radical (unpaired) electrons. The van der Waals surface area contributed by atoms with Crippen LogP contribution in [0.5, 0.6) is 0 Å². The van der Waals surface area contributed by atoms with Gasteiger partial charge in [-0.2, -0.15) is 0 Å². The van der Waals surface area contributed by atoms with E-state index in [0.29, 0.717) is 17.9 Å². The van der Waals surface area contributed by atoms with Crippen LogP contribution in [0.4, 0.5) is 0 Å². The van der Waals surface area contributed by atoms with Crippen molar-refractivity contribution in [3.8, 4) is 0 Å². The van der Waals surface area contributed by atoms with E-state index < -0.39 is 0 Å². The van der Waals surface area contributed by atoms with Crippen LogP contribution in [0, 0.1) is 5.92 Å². The number of ketones is 1. The summed E-state index contributed by atoms with van der Waals surface area (Å²) in [7, 11) is 0. The van der Waals surface area contributed by atoms with Gasteiger partial charge in [-0.1, -0.05) is 58.8 Å². The van der Waals surface area contributed by atoms with E-state index in [1.165, 1.54) is 57.9 Å². The third-order valence-electron chi connectivity index (χ3n) is 4.81. The Morgan fingerprint density at radius 1 is 0.652 bits per heavy atom. The largest absolute Gasteiger partial charge is 0.299 e. The van der Waals surface area contributed by atoms with Gasteiger partial charge in [-0.15, -0.1) is 0 Å². The maximum Gasteiger partial charge on any atom is 0.135 e. The van der Waals surface area contributed by atoms with Crippen molar-refractivity contribution in [3.63, 3.8) is 0 Å². The molecule has 0 amide bonds. The van der Waals surface area contributed by atoms with Gasteiger partial charge in [0, 0.05) is 24.4 Å². The lowest BCUT2D eigenvalue weighted by Gasteiger charge is -2.30. The van der Waals surface area contributed by atoms with Crippen molar-refractivity contribution >= 4 is 5.78 Å². The number of hydrogen-bond donors (Lipinski definition) is 0. The number of unbranched alkanes of at least 4 members (excludes halogenated alkanes) is 8. The Labute approximate surface area is 146 Å². The highest BCUT2D eigenvalue weighted by Gasteiger charge is 2.11. The van der Waals surface area contributed by atoms with Crippen LogP contribution >= 0.6 is 0 Å². The smallest absolute Gasteiger partial charge is 0.135 e. The molecule has 0 fully saturated rings. The van der Waals surface area contributed by atoms with Gasteiger partial charge in [-0.25, -0.2) is 0 Å². The minimum absolute atomic E-state index is 0.220. The van der Waals surface area contributed by atoms with Crippen LogP contribution in [-0.2, 0) is 4.79 Å². The molecule has 2 nitrogen and oxygen atoms in total. The van der Waals surface area contributed by atoms with Crippen molar-refractivity contribution in [2.24, 2.45) is 5.92 Å². The standard InChI is InChI=1S/C21H43NO/c1-18(2)21(23)16-14-12-10-8-7-9-11-13-15-17-22(19(3)4)20(5)6/h18-20H,7-17H2,1-6H3. The minimum Gasteiger partial charge on any atom is -0.299 e. The molecule has 0 aromatic heterocycles. The minimum atomic E-state index is 0.220. The Hall–Kier alpha value is -0.370. The van der Waals surface area contributed by atoms with E-state index >= 15 is 0 Å². The fourth-order valence-corrected chi connectivity index (χ4v) is 3.23. The molecule has 2 heteroatoms. The van der Waals surface area contributed by atoms with Gasteiger partial charge in [0.1, 0.15) is 5.78 Å². The lowest BCUT2D eigenvalue weighted by molar-refractivity contribution is -0.122. The Morgan fingerprint density at radius 3 is 1.43 bits per heavy atom. The van der Waals surface area contributed by atoms with E-state index in [1.807, 2.05) is 13.8 Å². The molecule has 0 bridgehead atoms. The molecule has 0 spiro atoms. The van der Waals surface area contributed by atoms with E-state index in [2.05, 4.69) is 32.6 Å². The van der Waals surface area contributed by atoms with Crippen molar-refractivity contribution in [3.05, 3.63) is 0 Å². The summed E-state index contributed by atoms with van der Waals surface area (Å²) in [5, 5.41) is 0. The van der Waals surface area contributed by atoms with Gasteiger partial charge >= 0.3 is 0 Å². The molecule has 138 valence electrons. The molecule has 0 saturated heterocycles. The second kappa shape index (κ2) is 14.0. The Bertz CT molecular complexity index is 276. The molecule has 0 rings (SSSR count). The zero-order chi connectivity index (χ0) is 17.7. The van der Waals surface area contributed by atoms with E-state index in [-0.39, 0.29) is 5.92 Å². The molecule has 0 saturated carbocycles. The SMILES string of the molecule is CC(C)C(=O)CCCCCCCCCCCN(C(C)C)C(C)C. The molecule has 0 aliphatic carbocycles. The normalized spacial score (nSPS) is 12.1. The fraction of sp³-hybridized carbons (Fsp3) is 0.952. The lowest BCUT2D eigenvalue weighted by Crippen LogP contribution is -2.37. The van der Waals surface area contributed by atoms with Crippen molar-refractivity contribution in [1.82, 2.24) is 4.90 Å². The van der Waals surface area contributed by atoms with Gasteiger partial charge in [-0.3, -0.25) is 9.69 Å². The molecule has 0 aromatic rings. The molecule has 0 unspecified atom stereocenters. The van der Waals surface area contributed by atoms with Gasteiger partial charge in [0.15, 0.2) is 0 Å². The number of nitrogens with zero attached hydrogens (tertiary/aromatic N) is 1. The van der Waals surface area contributed by atoms with Crippen molar-refractivity contribution in [1.29, 1.82) is 0 Å². The van der Waals surface area contributed by atoms with Crippen LogP contribution < -0.4 is 0 Å². The summed E-state index contributed by atoms with van der Waals surface area (Å²) in [5.41, 5.74) is 0. The average Bonchev–Trinajstić information content (AvgIpc) is 2.47. The summed E-state index contributed by atoms with van der Waals surface area (Å²) in [6, 6.07) is 1.33. The monoisotopic (exact) mass is 325 g/mol. The first-order valence-corrected chi connectivity index (χ1v) is 10.1. The molecule has 0 atom stereocenters. The molecule has 0 aromatic carbocycles. The molecular weight excluding hydrogens is 282 g/mol. The summed E-state index contributed by atoms with van der Waals surface area (Å²) >= 11 is 0. The van der Waals surface area contributed by atoms with Crippen molar-refractivity contribution < 1.29 is 4.79 Å². The van der Waals surface area contributed by atoms with Crippen LogP contribution in [0.25, 0.3) is 0 Å². The fourth-order valence-electron chi connectivity index (χ4n) is 3.23. The Balaban J connectivity index is 3.35. The van der Waals surface area contributed by atoms with Gasteiger partial charge in [-0.05, 0) is 47.1 Å². The number of carbonyl (C=O) groups is 1. The van der Waals surface area contributed by atoms with Crippen LogP contribution in [-0.4, -0.2) is 29.3 Å². The summed E-state index contributed by atoms with van der Waals surface area (Å²) in [6.45, 7) is 14.5. The summed E-state index contributed by atoms with van der Waals surface area (Å²) in [4.78, 5) is 14.1. The van der Waals surface area contributed by atoms with E-state index in [1.54, 1.807) is 0 Å². The first-order valence-electron chi connectivity index (χ1n) is 10.1. The zero-order valence-corrected chi connectivity index (χ0v) is 16.9.